The van der Waals surface area contributed by atoms with Gasteiger partial charge in [-0.25, -0.2) is 18.6 Å². The van der Waals surface area contributed by atoms with Gasteiger partial charge in [-0.15, -0.1) is 0 Å². The Bertz CT molecular complexity index is 1180. The molecule has 33 heavy (non-hydrogen) atoms. The third-order valence-corrected chi connectivity index (χ3v) is 5.85. The van der Waals surface area contributed by atoms with Gasteiger partial charge in [0.2, 0.25) is 5.91 Å². The van der Waals surface area contributed by atoms with Crippen molar-refractivity contribution in [3.63, 3.8) is 0 Å². The van der Waals surface area contributed by atoms with E-state index in [0.29, 0.717) is 37.2 Å². The van der Waals surface area contributed by atoms with E-state index >= 15 is 0 Å². The van der Waals surface area contributed by atoms with Gasteiger partial charge in [-0.3, -0.25) is 14.6 Å². The maximum Gasteiger partial charge on any atom is 0.414 e. The van der Waals surface area contributed by atoms with Crippen LogP contribution < -0.4 is 9.80 Å². The van der Waals surface area contributed by atoms with Crippen molar-refractivity contribution < 1.29 is 27.6 Å². The van der Waals surface area contributed by atoms with Crippen LogP contribution in [0, 0.1) is 11.6 Å². The summed E-state index contributed by atoms with van der Waals surface area (Å²) < 4.78 is 40.0. The topological polar surface area (TPSA) is 88.8 Å². The normalized spacial score (nSPS) is 18.3. The first-order valence-corrected chi connectivity index (χ1v) is 10.6. The molecule has 0 unspecified atom stereocenters. The Labute approximate surface area is 187 Å². The highest BCUT2D eigenvalue weighted by atomic mass is 19.2. The fraction of sp³-hybridized carbons (Fsp3) is 0.304. The van der Waals surface area contributed by atoms with E-state index in [0.717, 1.165) is 17.0 Å². The van der Waals surface area contributed by atoms with Crippen LogP contribution in [0.2, 0.25) is 0 Å². The van der Waals surface area contributed by atoms with Crippen molar-refractivity contribution in [2.75, 3.05) is 22.9 Å². The SMILES string of the molecule is O=C1CCCN1c1ccc(-c2ccc(N3C[C@H](CCc4ccon4)OC3=O)c(F)c2F)cn1. The quantitative estimate of drug-likeness (QED) is 0.557. The Morgan fingerprint density at radius 1 is 1.06 bits per heavy atom. The lowest BCUT2D eigenvalue weighted by atomic mass is 10.1. The smallest absolute Gasteiger partial charge is 0.414 e. The van der Waals surface area contributed by atoms with Gasteiger partial charge in [0.15, 0.2) is 11.6 Å². The van der Waals surface area contributed by atoms with Crippen LogP contribution in [0.4, 0.5) is 25.1 Å². The highest BCUT2D eigenvalue weighted by Gasteiger charge is 2.35. The number of cyclic esters (lactones) is 1. The lowest BCUT2D eigenvalue weighted by molar-refractivity contribution is -0.117. The molecule has 5 rings (SSSR count). The average Bonchev–Trinajstić information content (AvgIpc) is 3.56. The van der Waals surface area contributed by atoms with Crippen molar-refractivity contribution in [3.05, 3.63) is 60.1 Å². The molecule has 10 heteroatoms. The lowest BCUT2D eigenvalue weighted by Gasteiger charge is -2.17. The zero-order valence-corrected chi connectivity index (χ0v) is 17.5. The Kier molecular flexibility index (Phi) is 5.49. The summed E-state index contributed by atoms with van der Waals surface area (Å²) >= 11 is 0. The van der Waals surface area contributed by atoms with Gasteiger partial charge in [-0.2, -0.15) is 0 Å². The lowest BCUT2D eigenvalue weighted by Crippen LogP contribution is -2.26. The molecule has 2 aromatic heterocycles. The monoisotopic (exact) mass is 454 g/mol. The van der Waals surface area contributed by atoms with Crippen molar-refractivity contribution in [2.24, 2.45) is 0 Å². The van der Waals surface area contributed by atoms with Crippen LogP contribution in [0.3, 0.4) is 0 Å². The molecule has 2 aliphatic rings. The third kappa shape index (κ3) is 4.04. The second-order valence-electron chi connectivity index (χ2n) is 7.96. The molecule has 1 atom stereocenters. The second kappa shape index (κ2) is 8.61. The number of aryl methyl sites for hydroxylation is 1. The third-order valence-electron chi connectivity index (χ3n) is 5.85. The van der Waals surface area contributed by atoms with E-state index < -0.39 is 23.8 Å². The van der Waals surface area contributed by atoms with Crippen molar-refractivity contribution in [1.82, 2.24) is 10.1 Å². The first-order chi connectivity index (χ1) is 16.0. The van der Waals surface area contributed by atoms with Gasteiger partial charge >= 0.3 is 6.09 Å². The van der Waals surface area contributed by atoms with E-state index in [4.69, 9.17) is 9.26 Å². The van der Waals surface area contributed by atoms with Gasteiger partial charge in [-0.1, -0.05) is 5.16 Å². The van der Waals surface area contributed by atoms with E-state index in [1.165, 1.54) is 24.6 Å². The van der Waals surface area contributed by atoms with Crippen molar-refractivity contribution in [3.8, 4) is 11.1 Å². The molecule has 170 valence electrons. The van der Waals surface area contributed by atoms with Crippen LogP contribution in [0.5, 0.6) is 0 Å². The number of carbonyl (C=O) groups is 2. The molecule has 0 spiro atoms. The van der Waals surface area contributed by atoms with Gasteiger partial charge in [-0.05, 0) is 43.5 Å². The predicted molar refractivity (Wildman–Crippen MR) is 114 cm³/mol. The summed E-state index contributed by atoms with van der Waals surface area (Å²) in [5.74, 6) is -1.75. The van der Waals surface area contributed by atoms with Gasteiger partial charge in [0.25, 0.3) is 0 Å². The van der Waals surface area contributed by atoms with Gasteiger partial charge < -0.3 is 9.26 Å². The molecule has 4 heterocycles. The summed E-state index contributed by atoms with van der Waals surface area (Å²) in [4.78, 5) is 31.1. The number of carbonyl (C=O) groups excluding carboxylic acids is 2. The van der Waals surface area contributed by atoms with Gasteiger partial charge in [0, 0.05) is 36.4 Å². The molecule has 0 saturated carbocycles. The van der Waals surface area contributed by atoms with Crippen LogP contribution in [0.25, 0.3) is 11.1 Å². The number of rotatable bonds is 6. The van der Waals surface area contributed by atoms with Crippen molar-refractivity contribution in [1.29, 1.82) is 0 Å². The largest absolute Gasteiger partial charge is 0.444 e. The number of pyridine rings is 1. The summed E-state index contributed by atoms with van der Waals surface area (Å²) in [6.07, 6.45) is 3.92. The zero-order chi connectivity index (χ0) is 22.9. The number of ether oxygens (including phenoxy) is 1. The zero-order valence-electron chi connectivity index (χ0n) is 17.5. The van der Waals surface area contributed by atoms with E-state index in [1.807, 2.05) is 0 Å². The minimum Gasteiger partial charge on any atom is -0.444 e. The molecule has 8 nitrogen and oxygen atoms in total. The summed E-state index contributed by atoms with van der Waals surface area (Å²) in [6, 6.07) is 7.68. The molecule has 1 aromatic carbocycles. The molecule has 2 saturated heterocycles. The van der Waals surface area contributed by atoms with Gasteiger partial charge in [0.1, 0.15) is 18.2 Å². The van der Waals surface area contributed by atoms with E-state index in [-0.39, 0.29) is 23.7 Å². The number of amides is 2. The summed E-state index contributed by atoms with van der Waals surface area (Å²) in [5, 5.41) is 3.81. The highest BCUT2D eigenvalue weighted by Crippen LogP contribution is 2.33. The van der Waals surface area contributed by atoms with E-state index in [9.17, 15) is 18.4 Å². The number of halogens is 2. The summed E-state index contributed by atoms with van der Waals surface area (Å²) in [7, 11) is 0. The number of nitrogens with zero attached hydrogens (tertiary/aromatic N) is 4. The van der Waals surface area contributed by atoms with Crippen LogP contribution in [-0.2, 0) is 16.0 Å². The average molecular weight is 454 g/mol. The Balaban J connectivity index is 1.32. The fourth-order valence-electron chi connectivity index (χ4n) is 4.11. The first kappa shape index (κ1) is 21.0. The molecule has 2 aliphatic heterocycles. The molecular weight excluding hydrogens is 434 g/mol. The Hall–Kier alpha value is -3.82. The first-order valence-electron chi connectivity index (χ1n) is 10.6. The maximum atomic E-state index is 15.0. The minimum absolute atomic E-state index is 0.00587. The number of anilines is 2. The number of hydrogen-bond donors (Lipinski definition) is 0. The Morgan fingerprint density at radius 2 is 1.94 bits per heavy atom. The summed E-state index contributed by atoms with van der Waals surface area (Å²) in [6.45, 7) is 0.695. The molecule has 0 aliphatic carbocycles. The van der Waals surface area contributed by atoms with Crippen LogP contribution >= 0.6 is 0 Å². The maximum absolute atomic E-state index is 15.0. The number of hydrogen-bond acceptors (Lipinski definition) is 6. The standard InChI is InChI=1S/C23H20F2N4O4/c24-21-17(14-3-8-19(26-12-14)28-10-1-2-20(28)30)6-7-18(22(21)25)29-13-16(33-23(29)31)5-4-15-9-11-32-27-15/h3,6-9,11-12,16H,1-2,4-5,10,13H2/t16-/m0/s1. The molecule has 2 amide bonds. The Morgan fingerprint density at radius 3 is 2.64 bits per heavy atom. The van der Waals surface area contributed by atoms with Crippen molar-refractivity contribution >= 4 is 23.5 Å². The van der Waals surface area contributed by atoms with Crippen LogP contribution in [0.1, 0.15) is 25.0 Å². The predicted octanol–water partition coefficient (Wildman–Crippen LogP) is 4.10. The van der Waals surface area contributed by atoms with Crippen LogP contribution in [0.15, 0.2) is 47.3 Å². The van der Waals surface area contributed by atoms with E-state index in [2.05, 4.69) is 10.1 Å². The molecule has 0 N–H and O–H groups in total. The molecule has 3 aromatic rings. The second-order valence-corrected chi connectivity index (χ2v) is 7.96. The van der Waals surface area contributed by atoms with Crippen LogP contribution in [-0.4, -0.2) is 41.3 Å². The molecule has 2 fully saturated rings. The number of aromatic nitrogens is 2. The summed E-state index contributed by atoms with van der Waals surface area (Å²) in [5.41, 5.74) is 0.915. The minimum atomic E-state index is -1.14. The number of benzene rings is 1. The fourth-order valence-corrected chi connectivity index (χ4v) is 4.11. The highest BCUT2D eigenvalue weighted by molar-refractivity contribution is 5.94. The van der Waals surface area contributed by atoms with Crippen molar-refractivity contribution in [2.45, 2.75) is 31.8 Å². The van der Waals surface area contributed by atoms with E-state index in [1.54, 1.807) is 23.1 Å². The molecule has 0 bridgehead atoms. The molecule has 0 radical (unpaired) electrons. The molecular formula is C23H20F2N4O4. The van der Waals surface area contributed by atoms with Gasteiger partial charge in [0.05, 0.1) is 17.9 Å².